The van der Waals surface area contributed by atoms with Gasteiger partial charge in [-0.3, -0.25) is 9.59 Å². The lowest BCUT2D eigenvalue weighted by Gasteiger charge is -2.17. The van der Waals surface area contributed by atoms with Gasteiger partial charge >= 0.3 is 0 Å². The number of carbonyl (C=O) groups excluding carboxylic acids is 2. The second-order valence-corrected chi connectivity index (χ2v) is 5.46. The Bertz CT molecular complexity index is 796. The molecule has 2 amide bonds. The minimum absolute atomic E-state index is 0.0977. The Morgan fingerprint density at radius 2 is 1.75 bits per heavy atom. The first kappa shape index (κ1) is 16.0. The van der Waals surface area contributed by atoms with Crippen LogP contribution in [0.5, 0.6) is 0 Å². The van der Waals surface area contributed by atoms with E-state index in [2.05, 4.69) is 5.32 Å². The zero-order valence-electron chi connectivity index (χ0n) is 12.4. The molecule has 0 saturated carbocycles. The van der Waals surface area contributed by atoms with Crippen molar-refractivity contribution in [2.45, 2.75) is 6.42 Å². The van der Waals surface area contributed by atoms with Crippen molar-refractivity contribution in [1.82, 2.24) is 0 Å². The van der Waals surface area contributed by atoms with E-state index in [1.54, 1.807) is 30.3 Å². The Morgan fingerprint density at radius 1 is 1.04 bits per heavy atom. The first-order chi connectivity index (χ1) is 11.5. The van der Waals surface area contributed by atoms with Crippen molar-refractivity contribution in [1.29, 1.82) is 0 Å². The molecule has 1 heterocycles. The summed E-state index contributed by atoms with van der Waals surface area (Å²) >= 11 is 0. The number of hydrogen-bond donors (Lipinski definition) is 1. The molecule has 1 aliphatic heterocycles. The smallest absolute Gasteiger partial charge is 0.229 e. The zero-order chi connectivity index (χ0) is 17.3. The van der Waals surface area contributed by atoms with Crippen molar-refractivity contribution in [3.63, 3.8) is 0 Å². The minimum atomic E-state index is -1.64. The van der Waals surface area contributed by atoms with Gasteiger partial charge in [0.25, 0.3) is 0 Å². The predicted molar refractivity (Wildman–Crippen MR) is 81.8 cm³/mol. The van der Waals surface area contributed by atoms with Crippen molar-refractivity contribution in [3.05, 3.63) is 59.9 Å². The highest BCUT2D eigenvalue weighted by Gasteiger charge is 2.37. The van der Waals surface area contributed by atoms with Crippen LogP contribution in [0.25, 0.3) is 0 Å². The molecular weight excluding hydrogens is 321 g/mol. The maximum Gasteiger partial charge on any atom is 0.229 e. The lowest BCUT2D eigenvalue weighted by molar-refractivity contribution is -0.122. The molecule has 0 bridgehead atoms. The van der Waals surface area contributed by atoms with Gasteiger partial charge in [0, 0.05) is 18.7 Å². The van der Waals surface area contributed by atoms with Crippen LogP contribution < -0.4 is 10.2 Å². The van der Waals surface area contributed by atoms with Gasteiger partial charge in [-0.15, -0.1) is 0 Å². The van der Waals surface area contributed by atoms with Gasteiger partial charge in [-0.25, -0.2) is 13.2 Å². The highest BCUT2D eigenvalue weighted by molar-refractivity contribution is 6.03. The fraction of sp³-hybridized carbons (Fsp3) is 0.176. The molecule has 24 heavy (non-hydrogen) atoms. The summed E-state index contributed by atoms with van der Waals surface area (Å²) in [6, 6.07) is 10.4. The van der Waals surface area contributed by atoms with Gasteiger partial charge in [0.2, 0.25) is 11.8 Å². The minimum Gasteiger partial charge on any atom is -0.326 e. The summed E-state index contributed by atoms with van der Waals surface area (Å²) in [4.78, 5) is 25.2. The van der Waals surface area contributed by atoms with E-state index in [4.69, 9.17) is 0 Å². The van der Waals surface area contributed by atoms with E-state index in [1.165, 1.54) is 0 Å². The fourth-order valence-electron chi connectivity index (χ4n) is 2.61. The number of halogens is 3. The first-order valence-corrected chi connectivity index (χ1v) is 7.27. The quantitative estimate of drug-likeness (QED) is 0.877. The van der Waals surface area contributed by atoms with Crippen LogP contribution in [-0.2, 0) is 9.59 Å². The number of rotatable bonds is 3. The lowest BCUT2D eigenvalue weighted by Crippen LogP contribution is -2.29. The molecule has 1 unspecified atom stereocenters. The third-order valence-electron chi connectivity index (χ3n) is 3.84. The average molecular weight is 334 g/mol. The molecule has 1 saturated heterocycles. The molecule has 0 radical (unpaired) electrons. The van der Waals surface area contributed by atoms with Crippen molar-refractivity contribution < 1.29 is 22.8 Å². The molecule has 1 aliphatic rings. The van der Waals surface area contributed by atoms with E-state index in [1.807, 2.05) is 0 Å². The topological polar surface area (TPSA) is 49.4 Å². The van der Waals surface area contributed by atoms with Gasteiger partial charge in [0.05, 0.1) is 11.6 Å². The molecular formula is C17H13F3N2O2. The van der Waals surface area contributed by atoms with Crippen LogP contribution in [0.15, 0.2) is 42.5 Å². The van der Waals surface area contributed by atoms with Gasteiger partial charge in [0.1, 0.15) is 0 Å². The van der Waals surface area contributed by atoms with Crippen LogP contribution in [0, 0.1) is 23.4 Å². The second-order valence-electron chi connectivity index (χ2n) is 5.46. The van der Waals surface area contributed by atoms with Gasteiger partial charge < -0.3 is 10.2 Å². The van der Waals surface area contributed by atoms with E-state index < -0.39 is 29.3 Å². The number of anilines is 2. The Hall–Kier alpha value is -2.83. The molecule has 124 valence electrons. The van der Waals surface area contributed by atoms with Gasteiger partial charge in [0.15, 0.2) is 17.5 Å². The Morgan fingerprint density at radius 3 is 2.46 bits per heavy atom. The van der Waals surface area contributed by atoms with Crippen LogP contribution in [0.4, 0.5) is 24.5 Å². The highest BCUT2D eigenvalue weighted by Crippen LogP contribution is 2.30. The number of para-hydroxylation sites is 1. The van der Waals surface area contributed by atoms with Crippen molar-refractivity contribution in [3.8, 4) is 0 Å². The van der Waals surface area contributed by atoms with Crippen LogP contribution in [0.1, 0.15) is 6.42 Å². The van der Waals surface area contributed by atoms with Crippen molar-refractivity contribution in [2.24, 2.45) is 5.92 Å². The van der Waals surface area contributed by atoms with Gasteiger partial charge in [-0.05, 0) is 24.3 Å². The van der Waals surface area contributed by atoms with E-state index in [0.717, 1.165) is 17.0 Å². The number of amides is 2. The number of benzene rings is 2. The molecule has 4 nitrogen and oxygen atoms in total. The van der Waals surface area contributed by atoms with Crippen molar-refractivity contribution >= 4 is 23.2 Å². The van der Waals surface area contributed by atoms with Gasteiger partial charge in [-0.1, -0.05) is 18.2 Å². The molecule has 0 spiro atoms. The number of hydrogen-bond acceptors (Lipinski definition) is 2. The third-order valence-corrected chi connectivity index (χ3v) is 3.84. The molecule has 3 rings (SSSR count). The fourth-order valence-corrected chi connectivity index (χ4v) is 2.61. The van der Waals surface area contributed by atoms with Crippen LogP contribution in [-0.4, -0.2) is 18.4 Å². The third kappa shape index (κ3) is 2.97. The van der Waals surface area contributed by atoms with Crippen molar-refractivity contribution in [2.75, 3.05) is 16.8 Å². The second kappa shape index (κ2) is 6.35. The van der Waals surface area contributed by atoms with E-state index in [-0.39, 0.29) is 24.6 Å². The number of carbonyl (C=O) groups is 2. The van der Waals surface area contributed by atoms with E-state index in [0.29, 0.717) is 5.69 Å². The predicted octanol–water partition coefficient (Wildman–Crippen LogP) is 3.10. The summed E-state index contributed by atoms with van der Waals surface area (Å²) in [7, 11) is 0. The molecule has 0 aromatic heterocycles. The van der Waals surface area contributed by atoms with Crippen LogP contribution in [0.3, 0.4) is 0 Å². The Balaban J connectivity index is 1.76. The highest BCUT2D eigenvalue weighted by atomic mass is 19.2. The molecule has 1 atom stereocenters. The van der Waals surface area contributed by atoms with E-state index >= 15 is 0 Å². The maximum absolute atomic E-state index is 13.9. The summed E-state index contributed by atoms with van der Waals surface area (Å²) in [6.07, 6.45) is -0.128. The molecule has 2 aromatic carbocycles. The molecule has 7 heteroatoms. The summed E-state index contributed by atoms with van der Waals surface area (Å²) in [6.45, 7) is -0.0977. The SMILES string of the molecule is O=C(Nc1ccccc1)C1CC(=O)N(c2ccc(F)c(F)c2F)C1. The zero-order valence-corrected chi connectivity index (χ0v) is 12.4. The molecule has 1 fully saturated rings. The summed E-state index contributed by atoms with van der Waals surface area (Å²) < 4.78 is 40.2. The maximum atomic E-state index is 13.9. The standard InChI is InChI=1S/C17H13F3N2O2/c18-12-6-7-13(16(20)15(12)19)22-9-10(8-14(22)23)17(24)21-11-4-2-1-3-5-11/h1-7,10H,8-9H2,(H,21,24). The summed E-state index contributed by atoms with van der Waals surface area (Å²) in [5, 5.41) is 2.67. The van der Waals surface area contributed by atoms with Gasteiger partial charge in [-0.2, -0.15) is 0 Å². The van der Waals surface area contributed by atoms with Crippen LogP contribution in [0.2, 0.25) is 0 Å². The lowest BCUT2D eigenvalue weighted by atomic mass is 10.1. The first-order valence-electron chi connectivity index (χ1n) is 7.27. The summed E-state index contributed by atoms with van der Waals surface area (Å²) in [5.41, 5.74) is 0.210. The largest absolute Gasteiger partial charge is 0.326 e. The Kier molecular flexibility index (Phi) is 4.24. The Labute approximate surface area is 135 Å². The molecule has 2 aromatic rings. The van der Waals surface area contributed by atoms with Crippen LogP contribution >= 0.6 is 0 Å². The average Bonchev–Trinajstić information content (AvgIpc) is 2.96. The summed E-state index contributed by atoms with van der Waals surface area (Å²) in [5.74, 6) is -6.02. The van der Waals surface area contributed by atoms with E-state index in [9.17, 15) is 22.8 Å². The molecule has 1 N–H and O–H groups in total. The monoisotopic (exact) mass is 334 g/mol. The normalized spacial score (nSPS) is 17.2. The molecule has 0 aliphatic carbocycles. The number of nitrogens with zero attached hydrogens (tertiary/aromatic N) is 1. The number of nitrogens with one attached hydrogen (secondary N) is 1.